The molecule has 88 valence electrons. The number of aryl methyl sites for hydroxylation is 1. The fourth-order valence-electron chi connectivity index (χ4n) is 2.08. The van der Waals surface area contributed by atoms with Crippen LogP contribution in [-0.4, -0.2) is 16.8 Å². The molecule has 3 heteroatoms. The Hall–Kier alpha value is -0.280. The Bertz CT molecular complexity index is 351. The van der Waals surface area contributed by atoms with Crippen LogP contribution in [0.25, 0.3) is 0 Å². The van der Waals surface area contributed by atoms with Crippen molar-refractivity contribution in [2.45, 2.75) is 44.3 Å². The van der Waals surface area contributed by atoms with Crippen LogP contribution in [0.3, 0.4) is 0 Å². The van der Waals surface area contributed by atoms with Gasteiger partial charge < -0.3 is 0 Å². The zero-order chi connectivity index (χ0) is 11.4. The maximum atomic E-state index is 11.9. The Morgan fingerprint density at radius 3 is 2.75 bits per heavy atom. The van der Waals surface area contributed by atoms with Crippen molar-refractivity contribution in [1.82, 2.24) is 0 Å². The van der Waals surface area contributed by atoms with Crippen LogP contribution >= 0.6 is 23.1 Å². The number of hydrogen-bond donors (Lipinski definition) is 0. The molecule has 2 rings (SSSR count). The second kappa shape index (κ2) is 5.87. The first kappa shape index (κ1) is 12.2. The zero-order valence-corrected chi connectivity index (χ0v) is 11.3. The SMILES string of the molecule is Cc1ccc(C(=O)CSC2CCCCC2)s1. The first-order chi connectivity index (χ1) is 7.75. The Kier molecular flexibility index (Phi) is 4.47. The van der Waals surface area contributed by atoms with Gasteiger partial charge in [0, 0.05) is 10.1 Å². The number of ketones is 1. The summed E-state index contributed by atoms with van der Waals surface area (Å²) in [6.07, 6.45) is 6.70. The fraction of sp³-hybridized carbons (Fsp3) is 0.615. The van der Waals surface area contributed by atoms with Gasteiger partial charge >= 0.3 is 0 Å². The van der Waals surface area contributed by atoms with Crippen LogP contribution < -0.4 is 0 Å². The number of carbonyl (C=O) groups excluding carboxylic acids is 1. The smallest absolute Gasteiger partial charge is 0.182 e. The van der Waals surface area contributed by atoms with Crippen molar-refractivity contribution in [2.24, 2.45) is 0 Å². The van der Waals surface area contributed by atoms with Crippen molar-refractivity contribution < 1.29 is 4.79 Å². The Morgan fingerprint density at radius 2 is 2.12 bits per heavy atom. The van der Waals surface area contributed by atoms with Gasteiger partial charge in [0.25, 0.3) is 0 Å². The second-order valence-corrected chi connectivity index (χ2v) is 6.98. The van der Waals surface area contributed by atoms with Gasteiger partial charge in [0.2, 0.25) is 0 Å². The molecule has 1 aromatic rings. The molecule has 16 heavy (non-hydrogen) atoms. The number of hydrogen-bond acceptors (Lipinski definition) is 3. The van der Waals surface area contributed by atoms with Gasteiger partial charge in [-0.3, -0.25) is 4.79 Å². The van der Waals surface area contributed by atoms with E-state index < -0.39 is 0 Å². The van der Waals surface area contributed by atoms with Crippen LogP contribution in [0.5, 0.6) is 0 Å². The van der Waals surface area contributed by atoms with Gasteiger partial charge in [0.1, 0.15) is 0 Å². The van der Waals surface area contributed by atoms with Crippen LogP contribution in [0.4, 0.5) is 0 Å². The summed E-state index contributed by atoms with van der Waals surface area (Å²) < 4.78 is 0. The molecule has 0 radical (unpaired) electrons. The van der Waals surface area contributed by atoms with Gasteiger partial charge in [-0.15, -0.1) is 11.3 Å². The molecule has 0 spiro atoms. The highest BCUT2D eigenvalue weighted by Crippen LogP contribution is 2.29. The van der Waals surface area contributed by atoms with Crippen molar-refractivity contribution in [3.05, 3.63) is 21.9 Å². The number of thioether (sulfide) groups is 1. The van der Waals surface area contributed by atoms with E-state index in [-0.39, 0.29) is 0 Å². The third kappa shape index (κ3) is 3.36. The van der Waals surface area contributed by atoms with Gasteiger partial charge in [0.05, 0.1) is 10.6 Å². The first-order valence-corrected chi connectivity index (χ1v) is 7.83. The average Bonchev–Trinajstić information content (AvgIpc) is 2.74. The van der Waals surface area contributed by atoms with Crippen LogP contribution in [0, 0.1) is 6.92 Å². The molecule has 0 N–H and O–H groups in total. The predicted octanol–water partition coefficient (Wildman–Crippen LogP) is 4.31. The molecule has 0 amide bonds. The number of thiophene rings is 1. The summed E-state index contributed by atoms with van der Waals surface area (Å²) in [6, 6.07) is 3.99. The third-order valence-electron chi connectivity index (χ3n) is 3.02. The standard InChI is InChI=1S/C13H18OS2/c1-10-7-8-13(16-10)12(14)9-15-11-5-3-2-4-6-11/h7-8,11H,2-6,9H2,1H3. The van der Waals surface area contributed by atoms with Crippen molar-refractivity contribution in [3.8, 4) is 0 Å². The first-order valence-electron chi connectivity index (χ1n) is 5.97. The maximum Gasteiger partial charge on any atom is 0.182 e. The van der Waals surface area contributed by atoms with Crippen LogP contribution in [0.15, 0.2) is 12.1 Å². The molecule has 0 unspecified atom stereocenters. The van der Waals surface area contributed by atoms with E-state index in [2.05, 4.69) is 6.92 Å². The maximum absolute atomic E-state index is 11.9. The quantitative estimate of drug-likeness (QED) is 0.745. The number of Topliss-reactive ketones (excluding diaryl/α,β-unsaturated/α-hetero) is 1. The molecule has 0 atom stereocenters. The van der Waals surface area contributed by atoms with E-state index in [9.17, 15) is 4.79 Å². The lowest BCUT2D eigenvalue weighted by Crippen LogP contribution is -2.11. The summed E-state index contributed by atoms with van der Waals surface area (Å²) in [5.41, 5.74) is 0. The Labute approximate surface area is 106 Å². The molecular formula is C13H18OS2. The van der Waals surface area contributed by atoms with E-state index in [0.29, 0.717) is 11.5 Å². The van der Waals surface area contributed by atoms with E-state index in [0.717, 1.165) is 10.1 Å². The highest BCUT2D eigenvalue weighted by Gasteiger charge is 2.16. The van der Waals surface area contributed by atoms with Crippen molar-refractivity contribution in [1.29, 1.82) is 0 Å². The van der Waals surface area contributed by atoms with Crippen molar-refractivity contribution in [3.63, 3.8) is 0 Å². The third-order valence-corrected chi connectivity index (χ3v) is 5.43. The second-order valence-electron chi connectivity index (χ2n) is 4.40. The average molecular weight is 254 g/mol. The molecule has 0 bridgehead atoms. The summed E-state index contributed by atoms with van der Waals surface area (Å²) in [5, 5.41) is 0.735. The molecule has 1 aliphatic carbocycles. The summed E-state index contributed by atoms with van der Waals surface area (Å²) in [4.78, 5) is 14.0. The van der Waals surface area contributed by atoms with Crippen LogP contribution in [0.2, 0.25) is 0 Å². The van der Waals surface area contributed by atoms with Crippen LogP contribution in [0.1, 0.15) is 46.7 Å². The molecule has 1 aromatic heterocycles. The van der Waals surface area contributed by atoms with Gasteiger partial charge in [-0.1, -0.05) is 19.3 Å². The highest BCUT2D eigenvalue weighted by molar-refractivity contribution is 8.00. The van der Waals surface area contributed by atoms with Gasteiger partial charge in [-0.2, -0.15) is 11.8 Å². The van der Waals surface area contributed by atoms with Crippen molar-refractivity contribution in [2.75, 3.05) is 5.75 Å². The van der Waals surface area contributed by atoms with Gasteiger partial charge in [0.15, 0.2) is 5.78 Å². The summed E-state index contributed by atoms with van der Waals surface area (Å²) in [6.45, 7) is 2.05. The summed E-state index contributed by atoms with van der Waals surface area (Å²) >= 11 is 3.49. The minimum atomic E-state index is 0.314. The molecular weight excluding hydrogens is 236 g/mol. The largest absolute Gasteiger partial charge is 0.292 e. The van der Waals surface area contributed by atoms with E-state index in [1.54, 1.807) is 11.3 Å². The molecule has 0 aliphatic heterocycles. The molecule has 1 nitrogen and oxygen atoms in total. The lowest BCUT2D eigenvalue weighted by molar-refractivity contribution is 0.102. The number of rotatable bonds is 4. The molecule has 1 fully saturated rings. The molecule has 1 heterocycles. The topological polar surface area (TPSA) is 17.1 Å². The molecule has 1 saturated carbocycles. The van der Waals surface area contributed by atoms with Crippen LogP contribution in [-0.2, 0) is 0 Å². The highest BCUT2D eigenvalue weighted by atomic mass is 32.2. The normalized spacial score (nSPS) is 17.6. The Morgan fingerprint density at radius 1 is 1.38 bits per heavy atom. The number of carbonyl (C=O) groups is 1. The predicted molar refractivity (Wildman–Crippen MR) is 72.7 cm³/mol. The minimum absolute atomic E-state index is 0.314. The monoisotopic (exact) mass is 254 g/mol. The van der Waals surface area contributed by atoms with Crippen molar-refractivity contribution >= 4 is 28.9 Å². The summed E-state index contributed by atoms with van der Waals surface area (Å²) in [5.74, 6) is 0.985. The van der Waals surface area contributed by atoms with E-state index in [1.807, 2.05) is 23.9 Å². The van der Waals surface area contributed by atoms with E-state index >= 15 is 0 Å². The van der Waals surface area contributed by atoms with Gasteiger partial charge in [-0.05, 0) is 31.9 Å². The molecule has 0 saturated heterocycles. The molecule has 1 aliphatic rings. The lowest BCUT2D eigenvalue weighted by Gasteiger charge is -2.20. The molecule has 0 aromatic carbocycles. The van der Waals surface area contributed by atoms with E-state index in [4.69, 9.17) is 0 Å². The van der Waals surface area contributed by atoms with Gasteiger partial charge in [-0.25, -0.2) is 0 Å². The fourth-order valence-corrected chi connectivity index (χ4v) is 4.19. The summed E-state index contributed by atoms with van der Waals surface area (Å²) in [7, 11) is 0. The minimum Gasteiger partial charge on any atom is -0.292 e. The zero-order valence-electron chi connectivity index (χ0n) is 9.70. The van der Waals surface area contributed by atoms with E-state index in [1.165, 1.54) is 37.0 Å². The lowest BCUT2D eigenvalue weighted by atomic mass is 10.0. The Balaban J connectivity index is 1.79.